The van der Waals surface area contributed by atoms with Gasteiger partial charge in [0.25, 0.3) is 0 Å². The molecule has 1 amide bonds. The summed E-state index contributed by atoms with van der Waals surface area (Å²) >= 11 is 0. The molecule has 0 saturated heterocycles. The van der Waals surface area contributed by atoms with Gasteiger partial charge in [0, 0.05) is 31.9 Å². The molecule has 0 aliphatic carbocycles. The molecular weight excluding hydrogens is 248 g/mol. The first-order valence-electron chi connectivity index (χ1n) is 6.87. The van der Waals surface area contributed by atoms with Gasteiger partial charge < -0.3 is 10.2 Å². The van der Waals surface area contributed by atoms with Gasteiger partial charge in [-0.05, 0) is 47.4 Å². The van der Waals surface area contributed by atoms with E-state index in [0.717, 1.165) is 17.8 Å². The number of rotatable bonds is 2. The predicted molar refractivity (Wildman–Crippen MR) is 83.2 cm³/mol. The highest BCUT2D eigenvalue weighted by Crippen LogP contribution is 2.32. The highest BCUT2D eigenvalue weighted by Gasteiger charge is 2.20. The number of aryl methyl sites for hydroxylation is 1. The predicted octanol–water partition coefficient (Wildman–Crippen LogP) is 3.30. The highest BCUT2D eigenvalue weighted by molar-refractivity contribution is 5.96. The molecule has 0 bridgehead atoms. The van der Waals surface area contributed by atoms with Crippen LogP contribution in [0.15, 0.2) is 42.5 Å². The van der Waals surface area contributed by atoms with Crippen molar-refractivity contribution in [3.05, 3.63) is 48.0 Å². The molecule has 1 aliphatic rings. The molecule has 0 aromatic heterocycles. The first kappa shape index (κ1) is 12.7. The summed E-state index contributed by atoms with van der Waals surface area (Å²) in [6.07, 6.45) is 1.43. The third kappa shape index (κ3) is 2.16. The van der Waals surface area contributed by atoms with Crippen molar-refractivity contribution in [3.63, 3.8) is 0 Å². The monoisotopic (exact) mass is 266 g/mol. The Morgan fingerprint density at radius 3 is 2.65 bits per heavy atom. The van der Waals surface area contributed by atoms with E-state index in [4.69, 9.17) is 0 Å². The molecule has 0 radical (unpaired) electrons. The number of amides is 1. The summed E-state index contributed by atoms with van der Waals surface area (Å²) in [6, 6.07) is 14.7. The van der Waals surface area contributed by atoms with Crippen LogP contribution >= 0.6 is 0 Å². The lowest BCUT2D eigenvalue weighted by Gasteiger charge is -2.26. The number of hydrogen-bond donors (Lipinski definition) is 1. The molecule has 3 rings (SSSR count). The quantitative estimate of drug-likeness (QED) is 0.904. The van der Waals surface area contributed by atoms with Crippen LogP contribution < -0.4 is 10.2 Å². The number of benzene rings is 2. The second-order valence-electron chi connectivity index (χ2n) is 5.13. The molecular formula is C17H18N2O. The van der Waals surface area contributed by atoms with Crippen molar-refractivity contribution in [2.24, 2.45) is 0 Å². The molecule has 102 valence electrons. The number of fused-ring (bicyclic) bond motifs is 1. The number of carbonyl (C=O) groups is 1. The Kier molecular flexibility index (Phi) is 3.18. The maximum Gasteiger partial charge on any atom is 0.227 e. The van der Waals surface area contributed by atoms with Crippen LogP contribution in [0.25, 0.3) is 11.1 Å². The fourth-order valence-corrected chi connectivity index (χ4v) is 2.69. The average Bonchev–Trinajstić information content (AvgIpc) is 2.51. The Balaban J connectivity index is 2.02. The smallest absolute Gasteiger partial charge is 0.227 e. The van der Waals surface area contributed by atoms with Gasteiger partial charge in [-0.2, -0.15) is 0 Å². The second-order valence-corrected chi connectivity index (χ2v) is 5.13. The zero-order valence-corrected chi connectivity index (χ0v) is 11.8. The largest absolute Gasteiger partial charge is 0.388 e. The molecule has 2 aromatic rings. The standard InChI is InChI=1S/C17H18N2O/c1-18-15-5-3-4-12(11-15)13-6-8-16-14(10-13)7-9-17(20)19(16)2/h3-6,8,10-11,18H,7,9H2,1-2H3. The highest BCUT2D eigenvalue weighted by atomic mass is 16.2. The van der Waals surface area contributed by atoms with E-state index in [2.05, 4.69) is 35.6 Å². The van der Waals surface area contributed by atoms with Crippen LogP contribution in [0.2, 0.25) is 0 Å². The maximum atomic E-state index is 11.7. The summed E-state index contributed by atoms with van der Waals surface area (Å²) in [5.74, 6) is 0.197. The minimum absolute atomic E-state index is 0.197. The molecule has 0 saturated carbocycles. The van der Waals surface area contributed by atoms with E-state index in [1.54, 1.807) is 4.90 Å². The van der Waals surface area contributed by atoms with Crippen LogP contribution in [-0.2, 0) is 11.2 Å². The van der Waals surface area contributed by atoms with Crippen LogP contribution in [0, 0.1) is 0 Å². The lowest BCUT2D eigenvalue weighted by molar-refractivity contribution is -0.118. The lowest BCUT2D eigenvalue weighted by atomic mass is 9.96. The third-order valence-electron chi connectivity index (χ3n) is 3.91. The molecule has 20 heavy (non-hydrogen) atoms. The molecule has 3 nitrogen and oxygen atoms in total. The first-order chi connectivity index (χ1) is 9.69. The summed E-state index contributed by atoms with van der Waals surface area (Å²) in [7, 11) is 3.77. The SMILES string of the molecule is CNc1cccc(-c2ccc3c(c2)CCC(=O)N3C)c1. The van der Waals surface area contributed by atoms with Gasteiger partial charge in [0.2, 0.25) is 5.91 Å². The van der Waals surface area contributed by atoms with E-state index in [1.165, 1.54) is 16.7 Å². The van der Waals surface area contributed by atoms with Crippen LogP contribution in [-0.4, -0.2) is 20.0 Å². The molecule has 0 spiro atoms. The lowest BCUT2D eigenvalue weighted by Crippen LogP contribution is -2.30. The van der Waals surface area contributed by atoms with Gasteiger partial charge in [-0.15, -0.1) is 0 Å². The maximum absolute atomic E-state index is 11.7. The van der Waals surface area contributed by atoms with E-state index in [9.17, 15) is 4.79 Å². The fourth-order valence-electron chi connectivity index (χ4n) is 2.69. The minimum atomic E-state index is 0.197. The second kappa shape index (κ2) is 5.00. The van der Waals surface area contributed by atoms with Gasteiger partial charge in [-0.3, -0.25) is 4.79 Å². The van der Waals surface area contributed by atoms with E-state index in [0.29, 0.717) is 6.42 Å². The molecule has 0 fully saturated rings. The van der Waals surface area contributed by atoms with Crippen molar-refractivity contribution < 1.29 is 4.79 Å². The van der Waals surface area contributed by atoms with Gasteiger partial charge in [-0.25, -0.2) is 0 Å². The average molecular weight is 266 g/mol. The van der Waals surface area contributed by atoms with Gasteiger partial charge in [0.15, 0.2) is 0 Å². The van der Waals surface area contributed by atoms with Crippen molar-refractivity contribution in [3.8, 4) is 11.1 Å². The van der Waals surface area contributed by atoms with E-state index in [1.807, 2.05) is 26.2 Å². The molecule has 2 aromatic carbocycles. The molecule has 0 atom stereocenters. The number of anilines is 2. The van der Waals surface area contributed by atoms with Gasteiger partial charge >= 0.3 is 0 Å². The summed E-state index contributed by atoms with van der Waals surface area (Å²) in [5.41, 5.74) is 5.78. The zero-order valence-electron chi connectivity index (χ0n) is 11.8. The van der Waals surface area contributed by atoms with E-state index in [-0.39, 0.29) is 5.91 Å². The summed E-state index contributed by atoms with van der Waals surface area (Å²) < 4.78 is 0. The molecule has 1 N–H and O–H groups in total. The number of nitrogens with one attached hydrogen (secondary N) is 1. The third-order valence-corrected chi connectivity index (χ3v) is 3.91. The Bertz CT molecular complexity index is 664. The Labute approximate surface area is 119 Å². The van der Waals surface area contributed by atoms with Crippen molar-refractivity contribution in [2.75, 3.05) is 24.3 Å². The van der Waals surface area contributed by atoms with Gasteiger partial charge in [-0.1, -0.05) is 18.2 Å². The van der Waals surface area contributed by atoms with Gasteiger partial charge in [0.1, 0.15) is 0 Å². The molecule has 3 heteroatoms. The van der Waals surface area contributed by atoms with Crippen molar-refractivity contribution in [2.45, 2.75) is 12.8 Å². The van der Waals surface area contributed by atoms with Crippen LogP contribution in [0.4, 0.5) is 11.4 Å². The Morgan fingerprint density at radius 1 is 1.05 bits per heavy atom. The molecule has 1 aliphatic heterocycles. The number of nitrogens with zero attached hydrogens (tertiary/aromatic N) is 1. The number of carbonyl (C=O) groups excluding carboxylic acids is 1. The van der Waals surface area contributed by atoms with Crippen molar-refractivity contribution in [1.29, 1.82) is 0 Å². The fraction of sp³-hybridized carbons (Fsp3) is 0.235. The summed E-state index contributed by atoms with van der Waals surface area (Å²) in [4.78, 5) is 13.5. The van der Waals surface area contributed by atoms with Crippen LogP contribution in [0.3, 0.4) is 0 Å². The first-order valence-corrected chi connectivity index (χ1v) is 6.87. The van der Waals surface area contributed by atoms with Crippen LogP contribution in [0.5, 0.6) is 0 Å². The van der Waals surface area contributed by atoms with Crippen LogP contribution in [0.1, 0.15) is 12.0 Å². The number of hydrogen-bond acceptors (Lipinski definition) is 2. The Morgan fingerprint density at radius 2 is 1.85 bits per heavy atom. The van der Waals surface area contributed by atoms with E-state index < -0.39 is 0 Å². The van der Waals surface area contributed by atoms with Crippen molar-refractivity contribution in [1.82, 2.24) is 0 Å². The minimum Gasteiger partial charge on any atom is -0.388 e. The molecule has 0 unspecified atom stereocenters. The topological polar surface area (TPSA) is 32.3 Å². The summed E-state index contributed by atoms with van der Waals surface area (Å²) in [6.45, 7) is 0. The Hall–Kier alpha value is -2.29. The summed E-state index contributed by atoms with van der Waals surface area (Å²) in [5, 5.41) is 3.16. The molecule has 1 heterocycles. The zero-order chi connectivity index (χ0) is 14.1. The van der Waals surface area contributed by atoms with Gasteiger partial charge in [0.05, 0.1) is 0 Å². The normalized spacial score (nSPS) is 14.1. The van der Waals surface area contributed by atoms with E-state index >= 15 is 0 Å². The van der Waals surface area contributed by atoms with Crippen molar-refractivity contribution >= 4 is 17.3 Å².